The van der Waals surface area contributed by atoms with Gasteiger partial charge < -0.3 is 14.4 Å². The SMILES string of the molecule is COc1ccccc1CN(C[C@@H]1CCCO1)C(=O)c1cc(C)[nH]n1. The van der Waals surface area contributed by atoms with Gasteiger partial charge in [-0.25, -0.2) is 0 Å². The maximum atomic E-state index is 12.9. The molecule has 1 aliphatic rings. The highest BCUT2D eigenvalue weighted by molar-refractivity contribution is 5.92. The highest BCUT2D eigenvalue weighted by Gasteiger charge is 2.25. The van der Waals surface area contributed by atoms with E-state index in [1.54, 1.807) is 18.1 Å². The van der Waals surface area contributed by atoms with Crippen molar-refractivity contribution < 1.29 is 14.3 Å². The number of H-pyrrole nitrogens is 1. The summed E-state index contributed by atoms with van der Waals surface area (Å²) >= 11 is 0. The van der Waals surface area contributed by atoms with Crippen LogP contribution in [0, 0.1) is 6.92 Å². The summed E-state index contributed by atoms with van der Waals surface area (Å²) in [7, 11) is 1.64. The van der Waals surface area contributed by atoms with Crippen molar-refractivity contribution in [2.45, 2.75) is 32.4 Å². The van der Waals surface area contributed by atoms with Gasteiger partial charge in [-0.1, -0.05) is 18.2 Å². The number of ether oxygens (including phenoxy) is 2. The summed E-state index contributed by atoms with van der Waals surface area (Å²) in [4.78, 5) is 14.7. The van der Waals surface area contributed by atoms with E-state index in [2.05, 4.69) is 10.2 Å². The lowest BCUT2D eigenvalue weighted by molar-refractivity contribution is 0.0501. The normalized spacial score (nSPS) is 17.0. The summed E-state index contributed by atoms with van der Waals surface area (Å²) in [5.41, 5.74) is 2.27. The maximum absolute atomic E-state index is 12.9. The first-order valence-electron chi connectivity index (χ1n) is 8.22. The van der Waals surface area contributed by atoms with Crippen molar-refractivity contribution in [2.75, 3.05) is 20.3 Å². The number of nitrogens with zero attached hydrogens (tertiary/aromatic N) is 2. The monoisotopic (exact) mass is 329 g/mol. The molecule has 1 N–H and O–H groups in total. The second-order valence-electron chi connectivity index (χ2n) is 6.07. The molecule has 6 heteroatoms. The minimum Gasteiger partial charge on any atom is -0.496 e. The Morgan fingerprint density at radius 2 is 2.29 bits per heavy atom. The number of aromatic amines is 1. The molecule has 128 valence electrons. The molecular weight excluding hydrogens is 306 g/mol. The van der Waals surface area contributed by atoms with Gasteiger partial charge in [-0.3, -0.25) is 9.89 Å². The fourth-order valence-corrected chi connectivity index (χ4v) is 2.98. The number of hydrogen-bond donors (Lipinski definition) is 1. The Kier molecular flexibility index (Phi) is 5.15. The highest BCUT2D eigenvalue weighted by atomic mass is 16.5. The van der Waals surface area contributed by atoms with E-state index in [1.807, 2.05) is 31.2 Å². The lowest BCUT2D eigenvalue weighted by Crippen LogP contribution is -2.37. The van der Waals surface area contributed by atoms with Gasteiger partial charge in [-0.15, -0.1) is 0 Å². The molecule has 0 saturated carbocycles. The molecule has 1 saturated heterocycles. The Hall–Kier alpha value is -2.34. The predicted octanol–water partition coefficient (Wildman–Crippen LogP) is 2.55. The Morgan fingerprint density at radius 1 is 1.46 bits per heavy atom. The largest absolute Gasteiger partial charge is 0.496 e. The molecule has 1 atom stereocenters. The zero-order chi connectivity index (χ0) is 16.9. The lowest BCUT2D eigenvalue weighted by atomic mass is 10.1. The molecule has 0 aliphatic carbocycles. The summed E-state index contributed by atoms with van der Waals surface area (Å²) in [5.74, 6) is 0.682. The number of para-hydroxylation sites is 1. The summed E-state index contributed by atoms with van der Waals surface area (Å²) in [6.07, 6.45) is 2.11. The van der Waals surface area contributed by atoms with Crippen LogP contribution in [0.25, 0.3) is 0 Å². The lowest BCUT2D eigenvalue weighted by Gasteiger charge is -2.25. The van der Waals surface area contributed by atoms with E-state index in [4.69, 9.17) is 9.47 Å². The van der Waals surface area contributed by atoms with Crippen molar-refractivity contribution in [3.8, 4) is 5.75 Å². The molecule has 0 bridgehead atoms. The Labute approximate surface area is 141 Å². The van der Waals surface area contributed by atoms with E-state index < -0.39 is 0 Å². The third kappa shape index (κ3) is 3.76. The number of amides is 1. The van der Waals surface area contributed by atoms with Crippen LogP contribution >= 0.6 is 0 Å². The van der Waals surface area contributed by atoms with Crippen LogP contribution < -0.4 is 4.74 Å². The van der Waals surface area contributed by atoms with Crippen LogP contribution in [0.15, 0.2) is 30.3 Å². The first-order chi connectivity index (χ1) is 11.7. The minimum absolute atomic E-state index is 0.0868. The molecule has 1 aromatic heterocycles. The van der Waals surface area contributed by atoms with Crippen molar-refractivity contribution in [3.05, 3.63) is 47.3 Å². The molecule has 1 fully saturated rings. The van der Waals surface area contributed by atoms with Crippen LogP contribution in [0.5, 0.6) is 5.75 Å². The van der Waals surface area contributed by atoms with Crippen molar-refractivity contribution in [2.24, 2.45) is 0 Å². The number of aromatic nitrogens is 2. The number of methoxy groups -OCH3 is 1. The maximum Gasteiger partial charge on any atom is 0.274 e. The Balaban J connectivity index is 1.82. The Bertz CT molecular complexity index is 692. The van der Waals surface area contributed by atoms with Crippen molar-refractivity contribution >= 4 is 5.91 Å². The van der Waals surface area contributed by atoms with Gasteiger partial charge >= 0.3 is 0 Å². The summed E-state index contributed by atoms with van der Waals surface area (Å²) < 4.78 is 11.1. The van der Waals surface area contributed by atoms with Gasteiger partial charge in [0.25, 0.3) is 5.91 Å². The van der Waals surface area contributed by atoms with E-state index in [0.717, 1.165) is 36.5 Å². The number of aryl methyl sites for hydroxylation is 1. The van der Waals surface area contributed by atoms with E-state index >= 15 is 0 Å². The van der Waals surface area contributed by atoms with Crippen LogP contribution in [0.2, 0.25) is 0 Å². The minimum atomic E-state index is -0.0965. The topological polar surface area (TPSA) is 67.5 Å². The number of benzene rings is 1. The zero-order valence-corrected chi connectivity index (χ0v) is 14.1. The van der Waals surface area contributed by atoms with Gasteiger partial charge in [-0.05, 0) is 31.9 Å². The average Bonchev–Trinajstić information content (AvgIpc) is 3.25. The fraction of sp³-hybridized carbons (Fsp3) is 0.444. The number of carbonyl (C=O) groups excluding carboxylic acids is 1. The first kappa shape index (κ1) is 16.5. The predicted molar refractivity (Wildman–Crippen MR) is 90.0 cm³/mol. The van der Waals surface area contributed by atoms with Crippen LogP contribution in [-0.2, 0) is 11.3 Å². The molecule has 1 aliphatic heterocycles. The number of rotatable bonds is 6. The van der Waals surface area contributed by atoms with Crippen molar-refractivity contribution in [3.63, 3.8) is 0 Å². The second-order valence-corrected chi connectivity index (χ2v) is 6.07. The average molecular weight is 329 g/mol. The highest BCUT2D eigenvalue weighted by Crippen LogP contribution is 2.22. The number of hydrogen-bond acceptors (Lipinski definition) is 4. The molecule has 6 nitrogen and oxygen atoms in total. The van der Waals surface area contributed by atoms with Gasteiger partial charge in [0.1, 0.15) is 11.4 Å². The number of nitrogens with one attached hydrogen (secondary N) is 1. The molecule has 0 radical (unpaired) electrons. The van der Waals surface area contributed by atoms with E-state index in [9.17, 15) is 4.79 Å². The fourth-order valence-electron chi connectivity index (χ4n) is 2.98. The molecule has 0 unspecified atom stereocenters. The van der Waals surface area contributed by atoms with Crippen molar-refractivity contribution in [1.29, 1.82) is 0 Å². The molecule has 1 aromatic carbocycles. The molecular formula is C18H23N3O3. The number of carbonyl (C=O) groups is 1. The van der Waals surface area contributed by atoms with Gasteiger partial charge in [0.05, 0.1) is 13.2 Å². The third-order valence-electron chi connectivity index (χ3n) is 4.21. The summed E-state index contributed by atoms with van der Waals surface area (Å²) in [5, 5.41) is 6.94. The van der Waals surface area contributed by atoms with Gasteiger partial charge in [0.2, 0.25) is 0 Å². The molecule has 2 aromatic rings. The second kappa shape index (κ2) is 7.49. The quantitative estimate of drug-likeness (QED) is 0.884. The molecule has 3 rings (SSSR count). The van der Waals surface area contributed by atoms with Gasteiger partial charge in [0, 0.05) is 31.0 Å². The first-order valence-corrected chi connectivity index (χ1v) is 8.22. The van der Waals surface area contributed by atoms with Gasteiger partial charge in [0.15, 0.2) is 0 Å². The molecule has 2 heterocycles. The Morgan fingerprint density at radius 3 is 2.96 bits per heavy atom. The van der Waals surface area contributed by atoms with Crippen molar-refractivity contribution in [1.82, 2.24) is 15.1 Å². The smallest absolute Gasteiger partial charge is 0.274 e. The van der Waals surface area contributed by atoms with Crippen LogP contribution in [0.4, 0.5) is 0 Å². The standard InChI is InChI=1S/C18H23N3O3/c1-13-10-16(20-19-13)18(22)21(12-15-7-5-9-24-15)11-14-6-3-4-8-17(14)23-2/h3-4,6,8,10,15H,5,7,9,11-12H2,1-2H3,(H,19,20)/t15-/m0/s1. The zero-order valence-electron chi connectivity index (χ0n) is 14.1. The van der Waals surface area contributed by atoms with E-state index in [1.165, 1.54) is 0 Å². The van der Waals surface area contributed by atoms with Crippen LogP contribution in [-0.4, -0.2) is 47.4 Å². The summed E-state index contributed by atoms with van der Waals surface area (Å²) in [6.45, 7) is 3.68. The van der Waals surface area contributed by atoms with Crippen LogP contribution in [0.1, 0.15) is 34.6 Å². The molecule has 24 heavy (non-hydrogen) atoms. The van der Waals surface area contributed by atoms with E-state index in [0.29, 0.717) is 18.8 Å². The summed E-state index contributed by atoms with van der Waals surface area (Å²) in [6, 6.07) is 9.52. The van der Waals surface area contributed by atoms with E-state index in [-0.39, 0.29) is 12.0 Å². The molecule has 1 amide bonds. The van der Waals surface area contributed by atoms with Gasteiger partial charge in [-0.2, -0.15) is 5.10 Å². The third-order valence-corrected chi connectivity index (χ3v) is 4.21. The van der Waals surface area contributed by atoms with Crippen LogP contribution in [0.3, 0.4) is 0 Å². The molecule has 0 spiro atoms.